The minimum absolute atomic E-state index is 0.652. The van der Waals surface area contributed by atoms with Crippen molar-refractivity contribution < 1.29 is 0 Å². The third-order valence-electron chi connectivity index (χ3n) is 2.77. The van der Waals surface area contributed by atoms with E-state index in [1.54, 1.807) is 11.3 Å². The minimum Gasteiger partial charge on any atom is -0.343 e. The normalized spacial score (nSPS) is 27.1. The molecule has 1 fully saturated rings. The second kappa shape index (κ2) is 3.98. The summed E-state index contributed by atoms with van der Waals surface area (Å²) in [5.74, 6) is 0.775. The lowest BCUT2D eigenvalue weighted by atomic mass is 10.1. The molecule has 2 rings (SSSR count). The van der Waals surface area contributed by atoms with Crippen LogP contribution in [0.2, 0.25) is 0 Å². The molecule has 1 aliphatic heterocycles. The molecule has 0 amide bonds. The van der Waals surface area contributed by atoms with Crippen LogP contribution in [0.15, 0.2) is 0 Å². The number of aromatic amines is 1. The quantitative estimate of drug-likeness (QED) is 0.791. The van der Waals surface area contributed by atoms with Crippen LogP contribution >= 0.6 is 23.6 Å². The number of hydrogen-bond acceptors (Lipinski definition) is 4. The lowest BCUT2D eigenvalue weighted by Crippen LogP contribution is -2.28. The fourth-order valence-electron chi connectivity index (χ4n) is 2.12. The average molecular weight is 229 g/mol. The van der Waals surface area contributed by atoms with Crippen LogP contribution in [-0.2, 0) is 0 Å². The second-order valence-corrected chi connectivity index (χ2v) is 5.60. The summed E-state index contributed by atoms with van der Waals surface area (Å²) in [5.41, 5.74) is 0. The molecule has 1 N–H and O–H groups in total. The van der Waals surface area contributed by atoms with Crippen LogP contribution in [0.25, 0.3) is 0 Å². The minimum atomic E-state index is 0.652. The molecule has 1 saturated heterocycles. The van der Waals surface area contributed by atoms with Crippen molar-refractivity contribution in [2.75, 3.05) is 11.4 Å². The van der Waals surface area contributed by atoms with E-state index in [2.05, 4.69) is 28.9 Å². The molecule has 1 aromatic rings. The number of rotatable bonds is 2. The van der Waals surface area contributed by atoms with E-state index in [-0.39, 0.29) is 0 Å². The van der Waals surface area contributed by atoms with E-state index in [0.717, 1.165) is 21.5 Å². The molecular formula is C9H15N3S2. The Morgan fingerprint density at radius 2 is 2.50 bits per heavy atom. The summed E-state index contributed by atoms with van der Waals surface area (Å²) in [5, 5.41) is 8.15. The lowest BCUT2D eigenvalue weighted by Gasteiger charge is -2.21. The van der Waals surface area contributed by atoms with Crippen LogP contribution in [0, 0.1) is 9.87 Å². The number of aromatic nitrogens is 2. The van der Waals surface area contributed by atoms with Gasteiger partial charge in [-0.3, -0.25) is 5.10 Å². The number of anilines is 1. The van der Waals surface area contributed by atoms with Gasteiger partial charge in [-0.15, -0.1) is 5.10 Å². The van der Waals surface area contributed by atoms with E-state index in [0.29, 0.717) is 6.04 Å². The highest BCUT2D eigenvalue weighted by atomic mass is 32.1. The first kappa shape index (κ1) is 10.1. The van der Waals surface area contributed by atoms with Crippen LogP contribution in [0.5, 0.6) is 0 Å². The monoisotopic (exact) mass is 229 g/mol. The number of hydrogen-bond donors (Lipinski definition) is 1. The van der Waals surface area contributed by atoms with Crippen molar-refractivity contribution in [1.82, 2.24) is 10.2 Å². The molecule has 2 atom stereocenters. The van der Waals surface area contributed by atoms with Crippen LogP contribution in [0.1, 0.15) is 26.7 Å². The smallest absolute Gasteiger partial charge is 0.207 e. The van der Waals surface area contributed by atoms with Gasteiger partial charge in [0.25, 0.3) is 0 Å². The number of H-pyrrole nitrogens is 1. The van der Waals surface area contributed by atoms with Gasteiger partial charge in [0.15, 0.2) is 3.95 Å². The van der Waals surface area contributed by atoms with Crippen molar-refractivity contribution in [3.8, 4) is 0 Å². The van der Waals surface area contributed by atoms with Gasteiger partial charge in [0.05, 0.1) is 0 Å². The number of nitrogens with one attached hydrogen (secondary N) is 1. The van der Waals surface area contributed by atoms with E-state index < -0.39 is 0 Å². The van der Waals surface area contributed by atoms with Gasteiger partial charge in [0, 0.05) is 12.6 Å². The highest BCUT2D eigenvalue weighted by molar-refractivity contribution is 7.73. The third kappa shape index (κ3) is 1.83. The summed E-state index contributed by atoms with van der Waals surface area (Å²) in [6, 6.07) is 0.652. The Balaban J connectivity index is 2.21. The molecule has 2 heterocycles. The molecule has 0 aromatic carbocycles. The predicted molar refractivity (Wildman–Crippen MR) is 62.5 cm³/mol. The van der Waals surface area contributed by atoms with Gasteiger partial charge < -0.3 is 4.90 Å². The Morgan fingerprint density at radius 1 is 1.71 bits per heavy atom. The Kier molecular flexibility index (Phi) is 2.88. The average Bonchev–Trinajstić information content (AvgIpc) is 2.71. The maximum absolute atomic E-state index is 5.05. The van der Waals surface area contributed by atoms with Gasteiger partial charge in [-0.25, -0.2) is 0 Å². The van der Waals surface area contributed by atoms with Crippen molar-refractivity contribution in [3.05, 3.63) is 3.95 Å². The Morgan fingerprint density at radius 3 is 3.07 bits per heavy atom. The van der Waals surface area contributed by atoms with Crippen molar-refractivity contribution in [2.45, 2.75) is 32.7 Å². The molecular weight excluding hydrogens is 214 g/mol. The standard InChI is InChI=1S/C9H15N3S2/c1-3-7-4-6(2)5-12(7)8-10-11-9(13)14-8/h6-7H,3-5H2,1-2H3,(H,11,13). The van der Waals surface area contributed by atoms with Gasteiger partial charge in [-0.1, -0.05) is 25.2 Å². The number of nitrogens with zero attached hydrogens (tertiary/aromatic N) is 2. The molecule has 0 spiro atoms. The molecule has 0 aliphatic carbocycles. The van der Waals surface area contributed by atoms with E-state index in [9.17, 15) is 0 Å². The largest absolute Gasteiger partial charge is 0.343 e. The molecule has 2 unspecified atom stereocenters. The molecule has 0 radical (unpaired) electrons. The van der Waals surface area contributed by atoms with Crippen molar-refractivity contribution in [1.29, 1.82) is 0 Å². The van der Waals surface area contributed by atoms with Crippen molar-refractivity contribution in [3.63, 3.8) is 0 Å². The van der Waals surface area contributed by atoms with Gasteiger partial charge in [-0.2, -0.15) is 0 Å². The van der Waals surface area contributed by atoms with Crippen molar-refractivity contribution >= 4 is 28.7 Å². The van der Waals surface area contributed by atoms with E-state index in [1.165, 1.54) is 12.8 Å². The highest BCUT2D eigenvalue weighted by Gasteiger charge is 2.29. The third-order valence-corrected chi connectivity index (χ3v) is 3.89. The zero-order chi connectivity index (χ0) is 10.1. The van der Waals surface area contributed by atoms with E-state index in [1.807, 2.05) is 0 Å². The van der Waals surface area contributed by atoms with Crippen molar-refractivity contribution in [2.24, 2.45) is 5.92 Å². The Labute approximate surface area is 93.1 Å². The molecule has 78 valence electrons. The lowest BCUT2D eigenvalue weighted by molar-refractivity contribution is 0.587. The topological polar surface area (TPSA) is 31.9 Å². The molecule has 5 heteroatoms. The van der Waals surface area contributed by atoms with Gasteiger partial charge >= 0.3 is 0 Å². The maximum Gasteiger partial charge on any atom is 0.207 e. The predicted octanol–water partition coefficient (Wildman–Crippen LogP) is 2.83. The summed E-state index contributed by atoms with van der Waals surface area (Å²) < 4.78 is 0.773. The Hall–Kier alpha value is -0.420. The first-order chi connectivity index (χ1) is 6.70. The molecule has 3 nitrogen and oxygen atoms in total. The highest BCUT2D eigenvalue weighted by Crippen LogP contribution is 2.31. The Bertz CT molecular complexity index is 357. The summed E-state index contributed by atoms with van der Waals surface area (Å²) in [7, 11) is 0. The molecule has 14 heavy (non-hydrogen) atoms. The SMILES string of the molecule is CCC1CC(C)CN1c1n[nH]c(=S)s1. The molecule has 0 saturated carbocycles. The zero-order valence-electron chi connectivity index (χ0n) is 8.49. The summed E-state index contributed by atoms with van der Waals surface area (Å²) in [6.07, 6.45) is 2.47. The zero-order valence-corrected chi connectivity index (χ0v) is 10.1. The molecule has 0 bridgehead atoms. The first-order valence-electron chi connectivity index (χ1n) is 5.03. The van der Waals surface area contributed by atoms with Crippen LogP contribution in [-0.4, -0.2) is 22.8 Å². The first-order valence-corrected chi connectivity index (χ1v) is 6.25. The van der Waals surface area contributed by atoms with Crippen LogP contribution in [0.4, 0.5) is 5.13 Å². The van der Waals surface area contributed by atoms with E-state index >= 15 is 0 Å². The van der Waals surface area contributed by atoms with Crippen LogP contribution < -0.4 is 4.90 Å². The van der Waals surface area contributed by atoms with E-state index in [4.69, 9.17) is 12.2 Å². The summed E-state index contributed by atoms with van der Waals surface area (Å²) >= 11 is 6.63. The van der Waals surface area contributed by atoms with Gasteiger partial charge in [-0.05, 0) is 31.0 Å². The van der Waals surface area contributed by atoms with Gasteiger partial charge in [0.2, 0.25) is 5.13 Å². The molecule has 1 aliphatic rings. The second-order valence-electron chi connectivity index (χ2n) is 3.95. The van der Waals surface area contributed by atoms with Gasteiger partial charge in [0.1, 0.15) is 0 Å². The summed E-state index contributed by atoms with van der Waals surface area (Å²) in [4.78, 5) is 2.39. The summed E-state index contributed by atoms with van der Waals surface area (Å²) in [6.45, 7) is 5.66. The fourth-order valence-corrected chi connectivity index (χ4v) is 3.08. The molecule has 1 aromatic heterocycles. The maximum atomic E-state index is 5.05. The van der Waals surface area contributed by atoms with Crippen LogP contribution in [0.3, 0.4) is 0 Å². The fraction of sp³-hybridized carbons (Fsp3) is 0.778.